The minimum absolute atomic E-state index is 0.274. The molecular weight excluding hydrogens is 244 g/mol. The third-order valence-electron chi connectivity index (χ3n) is 1.68. The molecule has 1 aromatic rings. The summed E-state index contributed by atoms with van der Waals surface area (Å²) in [6, 6.07) is 9.70. The normalized spacial score (nSPS) is 11.2. The summed E-state index contributed by atoms with van der Waals surface area (Å²) in [6.07, 6.45) is 3.23. The Kier molecular flexibility index (Phi) is 5.91. The standard InChI is InChI=1S/C9H8O2.C4H9.Fe/c10-9(11)7-6-8-4-2-1-3-5-8;1-4(2)3;/h1-7H,(H,10,11);4H,1H2,2-3H3;/q;;+1/p-1/b7-6+;;. The van der Waals surface area contributed by atoms with Crippen LogP contribution in [-0.4, -0.2) is 5.97 Å². The van der Waals surface area contributed by atoms with Crippen LogP contribution >= 0.6 is 0 Å². The van der Waals surface area contributed by atoms with E-state index in [4.69, 9.17) is 3.82 Å². The van der Waals surface area contributed by atoms with Crippen molar-refractivity contribution < 1.29 is 23.9 Å². The predicted octanol–water partition coefficient (Wildman–Crippen LogP) is 3.31. The maximum atomic E-state index is 11.3. The van der Waals surface area contributed by atoms with E-state index in [9.17, 15) is 4.79 Å². The van der Waals surface area contributed by atoms with Gasteiger partial charge in [-0.05, 0) is 0 Å². The Balaban J connectivity index is 2.32. The molecule has 0 unspecified atom stereocenters. The monoisotopic (exact) mass is 260 g/mol. The average molecular weight is 260 g/mol. The van der Waals surface area contributed by atoms with Crippen molar-refractivity contribution in [3.8, 4) is 0 Å². The number of carbonyl (C=O) groups is 1. The summed E-state index contributed by atoms with van der Waals surface area (Å²) in [4.78, 5) is 11.3. The summed E-state index contributed by atoms with van der Waals surface area (Å²) in [6.45, 7) is 4.21. The summed E-state index contributed by atoms with van der Waals surface area (Å²) < 4.78 is 5.05. The molecule has 0 saturated carbocycles. The summed E-state index contributed by atoms with van der Waals surface area (Å²) in [5.41, 5.74) is 1.00. The molecule has 0 heterocycles. The van der Waals surface area contributed by atoms with Gasteiger partial charge in [-0.2, -0.15) is 0 Å². The summed E-state index contributed by atoms with van der Waals surface area (Å²) in [7, 11) is 0. The Morgan fingerprint density at radius 2 is 2.06 bits per heavy atom. The van der Waals surface area contributed by atoms with Gasteiger partial charge >= 0.3 is 103 Å². The van der Waals surface area contributed by atoms with Crippen LogP contribution in [0.3, 0.4) is 0 Å². The molecule has 1 rings (SSSR count). The van der Waals surface area contributed by atoms with Gasteiger partial charge in [0.25, 0.3) is 0 Å². The third-order valence-corrected chi connectivity index (χ3v) is 3.15. The van der Waals surface area contributed by atoms with Gasteiger partial charge in [0.1, 0.15) is 0 Å². The van der Waals surface area contributed by atoms with Gasteiger partial charge in [-0.25, -0.2) is 0 Å². The molecule has 0 aliphatic rings. The minimum atomic E-state index is -0.274. The summed E-state index contributed by atoms with van der Waals surface area (Å²) in [5.74, 6) is 0.287. The molecule has 0 fully saturated rings. The van der Waals surface area contributed by atoms with Gasteiger partial charge in [-0.15, -0.1) is 0 Å². The molecule has 88 valence electrons. The fourth-order valence-electron chi connectivity index (χ4n) is 0.950. The second kappa shape index (κ2) is 7.26. The van der Waals surface area contributed by atoms with Crippen LogP contribution in [-0.2, 0) is 23.9 Å². The molecule has 0 bridgehead atoms. The van der Waals surface area contributed by atoms with Crippen LogP contribution < -0.4 is 0 Å². The second-order valence-corrected chi connectivity index (χ2v) is 4.77. The van der Waals surface area contributed by atoms with E-state index in [0.29, 0.717) is 21.2 Å². The van der Waals surface area contributed by atoms with Gasteiger partial charge in [-0.3, -0.25) is 0 Å². The zero-order valence-electron chi connectivity index (χ0n) is 9.50. The van der Waals surface area contributed by atoms with Crippen molar-refractivity contribution >= 4 is 12.0 Å². The molecule has 0 atom stereocenters. The first kappa shape index (κ1) is 13.0. The zero-order chi connectivity index (χ0) is 11.8. The van der Waals surface area contributed by atoms with Gasteiger partial charge in [0.15, 0.2) is 0 Å². The topological polar surface area (TPSA) is 26.3 Å². The molecule has 3 heteroatoms. The molecule has 0 amide bonds. The average Bonchev–Trinajstić information content (AvgIpc) is 2.27. The van der Waals surface area contributed by atoms with Crippen LogP contribution in [0.15, 0.2) is 36.4 Å². The fourth-order valence-corrected chi connectivity index (χ4v) is 1.64. The van der Waals surface area contributed by atoms with Crippen molar-refractivity contribution in [2.75, 3.05) is 0 Å². The Hall–Kier alpha value is -1.05. The third kappa shape index (κ3) is 5.74. The van der Waals surface area contributed by atoms with Crippen molar-refractivity contribution in [3.05, 3.63) is 42.0 Å². The van der Waals surface area contributed by atoms with Crippen molar-refractivity contribution in [3.63, 3.8) is 0 Å². The maximum absolute atomic E-state index is 11.3. The number of rotatable bonds is 5. The van der Waals surface area contributed by atoms with Gasteiger partial charge in [-0.1, -0.05) is 0 Å². The molecule has 0 aliphatic carbocycles. The van der Waals surface area contributed by atoms with Gasteiger partial charge in [0.2, 0.25) is 0 Å². The molecule has 16 heavy (non-hydrogen) atoms. The van der Waals surface area contributed by atoms with Crippen LogP contribution in [0.4, 0.5) is 0 Å². The van der Waals surface area contributed by atoms with E-state index in [1.807, 2.05) is 30.3 Å². The predicted molar refractivity (Wildman–Crippen MR) is 61.2 cm³/mol. The number of hydrogen-bond donors (Lipinski definition) is 0. The molecule has 2 nitrogen and oxygen atoms in total. The molecule has 0 spiro atoms. The van der Waals surface area contributed by atoms with Gasteiger partial charge in [0, 0.05) is 0 Å². The second-order valence-electron chi connectivity index (χ2n) is 3.78. The molecule has 0 radical (unpaired) electrons. The van der Waals surface area contributed by atoms with Gasteiger partial charge < -0.3 is 0 Å². The molecule has 0 aromatic heterocycles. The van der Waals surface area contributed by atoms with Gasteiger partial charge in [0.05, 0.1) is 0 Å². The Morgan fingerprint density at radius 3 is 2.69 bits per heavy atom. The van der Waals surface area contributed by atoms with Crippen LogP contribution in [0.2, 0.25) is 5.32 Å². The quantitative estimate of drug-likeness (QED) is 0.599. The van der Waals surface area contributed by atoms with Crippen molar-refractivity contribution in [1.82, 2.24) is 0 Å². The Bertz CT molecular complexity index is 344. The SMILES string of the molecule is CC(C)[CH2][Fe][O]C(=O)/C=C/c1ccccc1. The summed E-state index contributed by atoms with van der Waals surface area (Å²) in [5, 5.41) is 0.908. The number of carbonyl (C=O) groups excluding carboxylic acids is 1. The fraction of sp³-hybridized carbons (Fsp3) is 0.308. The van der Waals surface area contributed by atoms with E-state index in [2.05, 4.69) is 13.8 Å². The summed E-state index contributed by atoms with van der Waals surface area (Å²) >= 11 is 0.496. The van der Waals surface area contributed by atoms with Crippen LogP contribution in [0.25, 0.3) is 6.08 Å². The first-order valence-corrected chi connectivity index (χ1v) is 6.42. The van der Waals surface area contributed by atoms with Crippen molar-refractivity contribution in [2.45, 2.75) is 19.2 Å². The van der Waals surface area contributed by atoms with Crippen LogP contribution in [0.1, 0.15) is 19.4 Å². The Labute approximate surface area is 103 Å². The molecule has 1 aromatic carbocycles. The zero-order valence-corrected chi connectivity index (χ0v) is 10.6. The molecule has 0 saturated heterocycles. The first-order valence-electron chi connectivity index (χ1n) is 5.19. The molecule has 0 aliphatic heterocycles. The number of hydrogen-bond acceptors (Lipinski definition) is 2. The Morgan fingerprint density at radius 1 is 1.38 bits per heavy atom. The van der Waals surface area contributed by atoms with Crippen molar-refractivity contribution in [1.29, 1.82) is 0 Å². The van der Waals surface area contributed by atoms with Crippen LogP contribution in [0.5, 0.6) is 0 Å². The van der Waals surface area contributed by atoms with E-state index in [1.165, 1.54) is 6.08 Å². The van der Waals surface area contributed by atoms with E-state index in [0.717, 1.165) is 10.9 Å². The van der Waals surface area contributed by atoms with Crippen molar-refractivity contribution in [2.24, 2.45) is 5.92 Å². The van der Waals surface area contributed by atoms with E-state index in [1.54, 1.807) is 6.08 Å². The molecule has 0 N–H and O–H groups in total. The first-order chi connectivity index (χ1) is 7.68. The molecular formula is C13H16FeO2. The van der Waals surface area contributed by atoms with E-state index in [-0.39, 0.29) is 5.97 Å². The van der Waals surface area contributed by atoms with E-state index < -0.39 is 0 Å². The number of benzene rings is 1. The van der Waals surface area contributed by atoms with Crippen LogP contribution in [0, 0.1) is 5.92 Å². The van der Waals surface area contributed by atoms with E-state index >= 15 is 0 Å².